The fraction of sp³-hybridized carbons (Fsp3) is 0.700. The molecule has 0 aliphatic carbocycles. The fourth-order valence-electron chi connectivity index (χ4n) is 1.93. The van der Waals surface area contributed by atoms with Crippen LogP contribution in [0.25, 0.3) is 0 Å². The number of carbonyl (C=O) groups is 1. The number of piperidine rings is 1. The first-order chi connectivity index (χ1) is 6.94. The molecule has 1 amide bonds. The summed E-state index contributed by atoms with van der Waals surface area (Å²) in [7, 11) is -3.03. The maximum absolute atomic E-state index is 11.5. The summed E-state index contributed by atoms with van der Waals surface area (Å²) in [6, 6.07) is -0.167. The molecular weight excluding hydrogens is 214 g/mol. The summed E-state index contributed by atoms with van der Waals surface area (Å²) < 4.78 is 22.4. The Bertz CT molecular complexity index is 348. The maximum atomic E-state index is 11.5. The van der Waals surface area contributed by atoms with Gasteiger partial charge in [0.25, 0.3) is 0 Å². The number of nitrogens with zero attached hydrogens (tertiary/aromatic N) is 1. The lowest BCUT2D eigenvalue weighted by molar-refractivity contribution is -0.128. The van der Waals surface area contributed by atoms with Crippen LogP contribution in [0.2, 0.25) is 0 Å². The van der Waals surface area contributed by atoms with Gasteiger partial charge in [0.2, 0.25) is 5.91 Å². The van der Waals surface area contributed by atoms with Gasteiger partial charge in [-0.05, 0) is 25.3 Å². The number of amides is 1. The number of carbonyl (C=O) groups excluding carboxylic acids is 1. The quantitative estimate of drug-likeness (QED) is 0.668. The molecule has 0 radical (unpaired) electrons. The molecule has 1 heterocycles. The molecule has 0 aromatic carbocycles. The van der Waals surface area contributed by atoms with Crippen LogP contribution in [0.3, 0.4) is 0 Å². The van der Waals surface area contributed by atoms with Gasteiger partial charge in [0.15, 0.2) is 0 Å². The SMILES string of the molecule is C=CC(=O)N1CCCCC1CS(C)(=O)=O. The Hall–Kier alpha value is -0.840. The average Bonchev–Trinajstić information content (AvgIpc) is 2.15. The first kappa shape index (κ1) is 12.2. The molecule has 1 unspecified atom stereocenters. The molecule has 0 spiro atoms. The number of hydrogen-bond donors (Lipinski definition) is 0. The van der Waals surface area contributed by atoms with Gasteiger partial charge >= 0.3 is 0 Å². The molecule has 1 atom stereocenters. The van der Waals surface area contributed by atoms with E-state index >= 15 is 0 Å². The molecule has 15 heavy (non-hydrogen) atoms. The minimum absolute atomic E-state index is 0.0621. The van der Waals surface area contributed by atoms with Crippen molar-refractivity contribution in [2.75, 3.05) is 18.6 Å². The number of hydrogen-bond acceptors (Lipinski definition) is 3. The monoisotopic (exact) mass is 231 g/mol. The van der Waals surface area contributed by atoms with Crippen LogP contribution in [0, 0.1) is 0 Å². The summed E-state index contributed by atoms with van der Waals surface area (Å²) >= 11 is 0. The molecule has 86 valence electrons. The van der Waals surface area contributed by atoms with Gasteiger partial charge in [-0.3, -0.25) is 4.79 Å². The number of likely N-dealkylation sites (tertiary alicyclic amines) is 1. The molecule has 0 aromatic heterocycles. The normalized spacial score (nSPS) is 22.5. The van der Waals surface area contributed by atoms with Gasteiger partial charge in [0.05, 0.1) is 5.75 Å². The highest BCUT2D eigenvalue weighted by atomic mass is 32.2. The van der Waals surface area contributed by atoms with E-state index in [0.717, 1.165) is 19.3 Å². The predicted molar refractivity (Wildman–Crippen MR) is 59.3 cm³/mol. The highest BCUT2D eigenvalue weighted by Gasteiger charge is 2.27. The third kappa shape index (κ3) is 3.66. The van der Waals surface area contributed by atoms with Gasteiger partial charge in [0.1, 0.15) is 9.84 Å². The zero-order valence-corrected chi connectivity index (χ0v) is 9.79. The van der Waals surface area contributed by atoms with Crippen molar-refractivity contribution in [2.45, 2.75) is 25.3 Å². The van der Waals surface area contributed by atoms with E-state index < -0.39 is 9.84 Å². The fourth-order valence-corrected chi connectivity index (χ4v) is 2.98. The van der Waals surface area contributed by atoms with Crippen molar-refractivity contribution < 1.29 is 13.2 Å². The highest BCUT2D eigenvalue weighted by molar-refractivity contribution is 7.90. The van der Waals surface area contributed by atoms with Crippen LogP contribution in [-0.2, 0) is 14.6 Å². The minimum Gasteiger partial charge on any atom is -0.335 e. The molecule has 1 aliphatic rings. The van der Waals surface area contributed by atoms with Crippen LogP contribution in [-0.4, -0.2) is 43.8 Å². The molecule has 0 aromatic rings. The Morgan fingerprint density at radius 3 is 2.73 bits per heavy atom. The molecule has 1 saturated heterocycles. The van der Waals surface area contributed by atoms with Crippen LogP contribution in [0.5, 0.6) is 0 Å². The molecule has 0 saturated carbocycles. The first-order valence-corrected chi connectivity index (χ1v) is 7.11. The molecule has 0 bridgehead atoms. The van der Waals surface area contributed by atoms with Crippen LogP contribution in [0.4, 0.5) is 0 Å². The Morgan fingerprint density at radius 2 is 2.20 bits per heavy atom. The maximum Gasteiger partial charge on any atom is 0.246 e. The Kier molecular flexibility index (Phi) is 3.90. The summed E-state index contributed by atoms with van der Waals surface area (Å²) in [5.41, 5.74) is 0. The van der Waals surface area contributed by atoms with Gasteiger partial charge in [0, 0.05) is 18.8 Å². The van der Waals surface area contributed by atoms with E-state index in [1.807, 2.05) is 0 Å². The summed E-state index contributed by atoms with van der Waals surface area (Å²) in [6.07, 6.45) is 5.16. The third-order valence-corrected chi connectivity index (χ3v) is 3.57. The lowest BCUT2D eigenvalue weighted by atomic mass is 10.0. The largest absolute Gasteiger partial charge is 0.335 e. The van der Waals surface area contributed by atoms with Crippen molar-refractivity contribution >= 4 is 15.7 Å². The Balaban J connectivity index is 2.74. The molecule has 4 nitrogen and oxygen atoms in total. The van der Waals surface area contributed by atoms with Crippen LogP contribution >= 0.6 is 0 Å². The lowest BCUT2D eigenvalue weighted by Gasteiger charge is -2.34. The van der Waals surface area contributed by atoms with Crippen LogP contribution < -0.4 is 0 Å². The third-order valence-electron chi connectivity index (χ3n) is 2.58. The van der Waals surface area contributed by atoms with E-state index in [1.165, 1.54) is 12.3 Å². The zero-order valence-electron chi connectivity index (χ0n) is 8.98. The zero-order chi connectivity index (χ0) is 11.5. The van der Waals surface area contributed by atoms with Gasteiger partial charge in [-0.1, -0.05) is 6.58 Å². The molecule has 0 N–H and O–H groups in total. The van der Waals surface area contributed by atoms with Crippen molar-refractivity contribution in [1.29, 1.82) is 0 Å². The van der Waals surface area contributed by atoms with Crippen molar-refractivity contribution in [3.8, 4) is 0 Å². The van der Waals surface area contributed by atoms with E-state index in [4.69, 9.17) is 0 Å². The van der Waals surface area contributed by atoms with E-state index in [2.05, 4.69) is 6.58 Å². The van der Waals surface area contributed by atoms with Crippen LogP contribution in [0.15, 0.2) is 12.7 Å². The lowest BCUT2D eigenvalue weighted by Crippen LogP contribution is -2.46. The highest BCUT2D eigenvalue weighted by Crippen LogP contribution is 2.18. The molecule has 1 rings (SSSR count). The van der Waals surface area contributed by atoms with Crippen molar-refractivity contribution in [1.82, 2.24) is 4.90 Å². The van der Waals surface area contributed by atoms with Gasteiger partial charge in [-0.2, -0.15) is 0 Å². The smallest absolute Gasteiger partial charge is 0.246 e. The van der Waals surface area contributed by atoms with Crippen molar-refractivity contribution in [3.05, 3.63) is 12.7 Å². The Morgan fingerprint density at radius 1 is 1.53 bits per heavy atom. The second-order valence-corrected chi connectivity index (χ2v) is 6.16. The second kappa shape index (κ2) is 4.79. The van der Waals surface area contributed by atoms with Gasteiger partial charge in [-0.15, -0.1) is 0 Å². The topological polar surface area (TPSA) is 54.5 Å². The summed E-state index contributed by atoms with van der Waals surface area (Å²) in [5.74, 6) is -0.101. The van der Waals surface area contributed by atoms with E-state index in [1.54, 1.807) is 4.90 Å². The summed E-state index contributed by atoms with van der Waals surface area (Å²) in [6.45, 7) is 4.07. The van der Waals surface area contributed by atoms with E-state index in [-0.39, 0.29) is 17.7 Å². The average molecular weight is 231 g/mol. The van der Waals surface area contributed by atoms with E-state index in [0.29, 0.717) is 6.54 Å². The van der Waals surface area contributed by atoms with Crippen molar-refractivity contribution in [2.24, 2.45) is 0 Å². The molecule has 5 heteroatoms. The summed E-state index contributed by atoms with van der Waals surface area (Å²) in [4.78, 5) is 13.1. The number of sulfone groups is 1. The first-order valence-electron chi connectivity index (χ1n) is 5.05. The van der Waals surface area contributed by atoms with Crippen molar-refractivity contribution in [3.63, 3.8) is 0 Å². The number of rotatable bonds is 3. The van der Waals surface area contributed by atoms with E-state index in [9.17, 15) is 13.2 Å². The molecular formula is C10H17NO3S. The standard InChI is InChI=1S/C10H17NO3S/c1-3-10(12)11-7-5-4-6-9(11)8-15(2,13)14/h3,9H,1,4-8H2,2H3. The molecule has 1 aliphatic heterocycles. The summed E-state index contributed by atoms with van der Waals surface area (Å²) in [5, 5.41) is 0. The minimum atomic E-state index is -3.03. The Labute approximate surface area is 90.9 Å². The van der Waals surface area contributed by atoms with Crippen LogP contribution in [0.1, 0.15) is 19.3 Å². The predicted octanol–water partition coefficient (Wildman–Crippen LogP) is 0.598. The van der Waals surface area contributed by atoms with Gasteiger partial charge in [-0.25, -0.2) is 8.42 Å². The van der Waals surface area contributed by atoms with Gasteiger partial charge < -0.3 is 4.90 Å². The second-order valence-electron chi connectivity index (χ2n) is 3.98. The molecule has 1 fully saturated rings.